The molecule has 0 N–H and O–H groups in total. The van der Waals surface area contributed by atoms with Crippen molar-refractivity contribution in [3.63, 3.8) is 0 Å². The smallest absolute Gasteiger partial charge is 0.312 e. The highest BCUT2D eigenvalue weighted by Gasteiger charge is 2.53. The first kappa shape index (κ1) is 24.2. The first-order chi connectivity index (χ1) is 11.4. The van der Waals surface area contributed by atoms with Gasteiger partial charge < -0.3 is 4.74 Å². The standard InChI is InChI=1S/C23H44O2/c1-11-14-15-17-21(7,13-3)22(8,16-12-2)18-23(9,19(24)25-10)20(4,5)6/h14-15H,11-13,16-18H2,1-10H3. The predicted molar refractivity (Wildman–Crippen MR) is 110 cm³/mol. The van der Waals surface area contributed by atoms with Crippen molar-refractivity contribution in [3.8, 4) is 0 Å². The van der Waals surface area contributed by atoms with E-state index < -0.39 is 5.41 Å². The zero-order valence-corrected chi connectivity index (χ0v) is 18.7. The number of carbonyl (C=O) groups is 1. The normalized spacial score (nSPS) is 19.9. The van der Waals surface area contributed by atoms with E-state index in [2.05, 4.69) is 74.5 Å². The molecule has 0 aliphatic rings. The van der Waals surface area contributed by atoms with E-state index in [-0.39, 0.29) is 22.2 Å². The number of allylic oxidation sites excluding steroid dienone is 2. The van der Waals surface area contributed by atoms with E-state index in [9.17, 15) is 4.79 Å². The highest BCUT2D eigenvalue weighted by Crippen LogP contribution is 2.57. The molecule has 0 aromatic carbocycles. The van der Waals surface area contributed by atoms with E-state index in [1.165, 1.54) is 7.11 Å². The summed E-state index contributed by atoms with van der Waals surface area (Å²) in [4.78, 5) is 12.8. The van der Waals surface area contributed by atoms with Crippen LogP contribution >= 0.6 is 0 Å². The summed E-state index contributed by atoms with van der Waals surface area (Å²) in [6.07, 6.45) is 11.0. The van der Waals surface area contributed by atoms with Gasteiger partial charge in [-0.3, -0.25) is 4.79 Å². The lowest BCUT2D eigenvalue weighted by Gasteiger charge is -2.53. The van der Waals surface area contributed by atoms with Crippen molar-refractivity contribution in [2.75, 3.05) is 7.11 Å². The molecule has 0 aromatic heterocycles. The number of hydrogen-bond donors (Lipinski definition) is 0. The van der Waals surface area contributed by atoms with E-state index in [0.717, 1.165) is 38.5 Å². The van der Waals surface area contributed by atoms with Crippen LogP contribution < -0.4 is 0 Å². The van der Waals surface area contributed by atoms with Crippen molar-refractivity contribution < 1.29 is 9.53 Å². The molecule has 0 saturated heterocycles. The molecule has 0 aliphatic carbocycles. The van der Waals surface area contributed by atoms with Crippen LogP contribution in [0, 0.1) is 21.7 Å². The molecular weight excluding hydrogens is 308 g/mol. The topological polar surface area (TPSA) is 26.3 Å². The Balaban J connectivity index is 6.04. The summed E-state index contributed by atoms with van der Waals surface area (Å²) in [5.74, 6) is -0.0788. The van der Waals surface area contributed by atoms with Crippen LogP contribution in [0.3, 0.4) is 0 Å². The van der Waals surface area contributed by atoms with Gasteiger partial charge in [-0.15, -0.1) is 0 Å². The average Bonchev–Trinajstić information content (AvgIpc) is 2.52. The van der Waals surface area contributed by atoms with Gasteiger partial charge in [0, 0.05) is 0 Å². The van der Waals surface area contributed by atoms with Crippen LogP contribution in [0.25, 0.3) is 0 Å². The lowest BCUT2D eigenvalue weighted by Crippen LogP contribution is -2.49. The van der Waals surface area contributed by atoms with Crippen LogP contribution in [0.2, 0.25) is 0 Å². The molecule has 0 spiro atoms. The van der Waals surface area contributed by atoms with E-state index >= 15 is 0 Å². The Kier molecular flexibility index (Phi) is 8.94. The van der Waals surface area contributed by atoms with Gasteiger partial charge in [0.2, 0.25) is 0 Å². The van der Waals surface area contributed by atoms with Gasteiger partial charge in [-0.2, -0.15) is 0 Å². The molecule has 3 unspecified atom stereocenters. The molecule has 0 aromatic rings. The molecule has 3 atom stereocenters. The van der Waals surface area contributed by atoms with Crippen molar-refractivity contribution in [2.24, 2.45) is 21.7 Å². The Morgan fingerprint density at radius 3 is 1.84 bits per heavy atom. The van der Waals surface area contributed by atoms with Gasteiger partial charge in [-0.25, -0.2) is 0 Å². The number of methoxy groups -OCH3 is 1. The Hall–Kier alpha value is -0.790. The molecule has 0 bridgehead atoms. The van der Waals surface area contributed by atoms with E-state index in [1.807, 2.05) is 0 Å². The third kappa shape index (κ3) is 5.34. The second-order valence-electron chi connectivity index (χ2n) is 9.56. The van der Waals surface area contributed by atoms with Crippen molar-refractivity contribution in [1.29, 1.82) is 0 Å². The third-order valence-electron chi connectivity index (χ3n) is 7.04. The zero-order chi connectivity index (χ0) is 19.9. The van der Waals surface area contributed by atoms with Crippen LogP contribution in [-0.2, 0) is 9.53 Å². The van der Waals surface area contributed by atoms with Crippen LogP contribution in [0.1, 0.15) is 101 Å². The summed E-state index contributed by atoms with van der Waals surface area (Å²) in [5.41, 5.74) is -0.417. The number of hydrogen-bond acceptors (Lipinski definition) is 2. The second kappa shape index (κ2) is 9.24. The number of rotatable bonds is 10. The van der Waals surface area contributed by atoms with Gasteiger partial charge >= 0.3 is 5.97 Å². The van der Waals surface area contributed by atoms with E-state index in [4.69, 9.17) is 4.74 Å². The fraction of sp³-hybridized carbons (Fsp3) is 0.870. The molecule has 25 heavy (non-hydrogen) atoms. The second-order valence-corrected chi connectivity index (χ2v) is 9.56. The summed E-state index contributed by atoms with van der Waals surface area (Å²) in [6, 6.07) is 0. The van der Waals surface area contributed by atoms with Crippen LogP contribution in [0.5, 0.6) is 0 Å². The first-order valence-corrected chi connectivity index (χ1v) is 10.1. The fourth-order valence-corrected chi connectivity index (χ4v) is 4.13. The van der Waals surface area contributed by atoms with Crippen molar-refractivity contribution >= 4 is 5.97 Å². The molecule has 0 saturated carbocycles. The van der Waals surface area contributed by atoms with Crippen LogP contribution in [0.4, 0.5) is 0 Å². The average molecular weight is 353 g/mol. The Morgan fingerprint density at radius 1 is 0.920 bits per heavy atom. The number of esters is 1. The molecule has 0 aliphatic heterocycles. The Morgan fingerprint density at radius 2 is 1.48 bits per heavy atom. The highest BCUT2D eigenvalue weighted by atomic mass is 16.5. The third-order valence-corrected chi connectivity index (χ3v) is 7.04. The summed E-state index contributed by atoms with van der Waals surface area (Å²) >= 11 is 0. The van der Waals surface area contributed by atoms with Crippen molar-refractivity contribution in [1.82, 2.24) is 0 Å². The minimum Gasteiger partial charge on any atom is -0.469 e. The molecule has 0 rings (SSSR count). The summed E-state index contributed by atoms with van der Waals surface area (Å²) in [5, 5.41) is 0. The number of ether oxygens (including phenoxy) is 1. The van der Waals surface area contributed by atoms with Gasteiger partial charge in [0.25, 0.3) is 0 Å². The van der Waals surface area contributed by atoms with E-state index in [1.54, 1.807) is 0 Å². The van der Waals surface area contributed by atoms with Gasteiger partial charge in [0.15, 0.2) is 0 Å². The Bertz CT molecular complexity index is 445. The predicted octanol–water partition coefficient (Wildman–Crippen LogP) is 7.18. The van der Waals surface area contributed by atoms with Gasteiger partial charge in [0.05, 0.1) is 12.5 Å². The van der Waals surface area contributed by atoms with Crippen LogP contribution in [0.15, 0.2) is 12.2 Å². The quantitative estimate of drug-likeness (QED) is 0.307. The van der Waals surface area contributed by atoms with Crippen LogP contribution in [-0.4, -0.2) is 13.1 Å². The van der Waals surface area contributed by atoms with Crippen molar-refractivity contribution in [3.05, 3.63) is 12.2 Å². The molecule has 2 heteroatoms. The molecule has 2 nitrogen and oxygen atoms in total. The van der Waals surface area contributed by atoms with Crippen molar-refractivity contribution in [2.45, 2.75) is 101 Å². The van der Waals surface area contributed by atoms with Gasteiger partial charge in [-0.1, -0.05) is 74.0 Å². The fourth-order valence-electron chi connectivity index (χ4n) is 4.13. The molecule has 0 radical (unpaired) electrons. The summed E-state index contributed by atoms with van der Waals surface area (Å²) < 4.78 is 5.26. The maximum atomic E-state index is 12.8. The lowest BCUT2D eigenvalue weighted by molar-refractivity contribution is -0.164. The maximum Gasteiger partial charge on any atom is 0.312 e. The molecule has 0 fully saturated rings. The molecule has 0 amide bonds. The van der Waals surface area contributed by atoms with Gasteiger partial charge in [-0.05, 0) is 55.3 Å². The maximum absolute atomic E-state index is 12.8. The zero-order valence-electron chi connectivity index (χ0n) is 18.7. The molecular formula is C23H44O2. The van der Waals surface area contributed by atoms with Gasteiger partial charge in [0.1, 0.15) is 0 Å². The summed E-state index contributed by atoms with van der Waals surface area (Å²) in [6.45, 7) is 20.1. The molecule has 148 valence electrons. The minimum absolute atomic E-state index is 0.0742. The largest absolute Gasteiger partial charge is 0.469 e. The number of carbonyl (C=O) groups excluding carboxylic acids is 1. The molecule has 0 heterocycles. The Labute approximate surface area is 157 Å². The monoisotopic (exact) mass is 352 g/mol. The first-order valence-electron chi connectivity index (χ1n) is 10.1. The van der Waals surface area contributed by atoms with E-state index in [0.29, 0.717) is 0 Å². The SMILES string of the molecule is CCC=CCC(C)(CC)C(C)(CCC)CC(C)(C(=O)OC)C(C)(C)C. The lowest BCUT2D eigenvalue weighted by atomic mass is 9.51. The summed E-state index contributed by atoms with van der Waals surface area (Å²) in [7, 11) is 1.52. The minimum atomic E-state index is -0.503. The highest BCUT2D eigenvalue weighted by molar-refractivity contribution is 5.77.